The monoisotopic (exact) mass is 462 g/mol. The highest BCUT2D eigenvalue weighted by Crippen LogP contribution is 2.27. The van der Waals surface area contributed by atoms with E-state index in [1.54, 1.807) is 11.3 Å². The molecule has 172 valence electrons. The van der Waals surface area contributed by atoms with Crippen molar-refractivity contribution in [3.63, 3.8) is 0 Å². The Balaban J connectivity index is 1.71. The molecule has 1 atom stereocenters. The molecule has 1 aliphatic heterocycles. The second-order valence-corrected chi connectivity index (χ2v) is 9.33. The zero-order chi connectivity index (χ0) is 23.4. The summed E-state index contributed by atoms with van der Waals surface area (Å²) >= 11 is 1.60. The zero-order valence-corrected chi connectivity index (χ0v) is 20.4. The first-order valence-electron chi connectivity index (χ1n) is 11.2. The van der Waals surface area contributed by atoms with Crippen molar-refractivity contribution in [3.8, 4) is 11.3 Å². The Morgan fingerprint density at radius 2 is 1.94 bits per heavy atom. The van der Waals surface area contributed by atoms with Crippen LogP contribution in [0.1, 0.15) is 42.0 Å². The van der Waals surface area contributed by atoms with Crippen LogP contribution in [0.4, 0.5) is 5.69 Å². The molecule has 1 N–H and O–H groups in total. The van der Waals surface area contributed by atoms with E-state index >= 15 is 0 Å². The number of benzene rings is 2. The number of aryl methyl sites for hydroxylation is 3. The van der Waals surface area contributed by atoms with Gasteiger partial charge in [-0.3, -0.25) is 9.79 Å². The van der Waals surface area contributed by atoms with Gasteiger partial charge in [-0.25, -0.2) is 4.68 Å². The molecule has 1 aromatic heterocycles. The molecule has 1 amide bonds. The van der Waals surface area contributed by atoms with Crippen molar-refractivity contribution in [2.75, 3.05) is 18.5 Å². The molecule has 0 saturated carbocycles. The van der Waals surface area contributed by atoms with Gasteiger partial charge in [-0.1, -0.05) is 18.2 Å². The molecule has 0 spiro atoms. The van der Waals surface area contributed by atoms with Gasteiger partial charge in [0.15, 0.2) is 0 Å². The van der Waals surface area contributed by atoms with Gasteiger partial charge >= 0.3 is 0 Å². The lowest BCUT2D eigenvalue weighted by molar-refractivity contribution is -0.114. The molecule has 1 saturated heterocycles. The lowest BCUT2D eigenvalue weighted by atomic mass is 9.99. The van der Waals surface area contributed by atoms with Crippen molar-refractivity contribution >= 4 is 29.1 Å². The normalized spacial score (nSPS) is 16.6. The molecular weight excluding hydrogens is 432 g/mol. The first kappa shape index (κ1) is 23.1. The fourth-order valence-corrected chi connectivity index (χ4v) is 4.73. The van der Waals surface area contributed by atoms with E-state index in [2.05, 4.69) is 43.6 Å². The van der Waals surface area contributed by atoms with Gasteiger partial charge in [0.05, 0.1) is 24.6 Å². The van der Waals surface area contributed by atoms with E-state index in [1.165, 1.54) is 23.6 Å². The number of amides is 1. The first-order valence-corrected chi connectivity index (χ1v) is 12.1. The fraction of sp³-hybridized carbons (Fsp3) is 0.346. The van der Waals surface area contributed by atoms with Crippen LogP contribution in [0.5, 0.6) is 0 Å². The number of hydrogen-bond donors (Lipinski definition) is 1. The van der Waals surface area contributed by atoms with Crippen molar-refractivity contribution in [1.82, 2.24) is 4.68 Å². The Labute approximate surface area is 198 Å². The maximum atomic E-state index is 11.3. The van der Waals surface area contributed by atoms with Crippen LogP contribution in [-0.4, -0.2) is 36.1 Å². The summed E-state index contributed by atoms with van der Waals surface area (Å²) in [6, 6.07) is 12.1. The highest BCUT2D eigenvalue weighted by atomic mass is 32.1. The van der Waals surface area contributed by atoms with Crippen LogP contribution < -0.4 is 10.1 Å². The second-order valence-electron chi connectivity index (χ2n) is 8.49. The van der Waals surface area contributed by atoms with Gasteiger partial charge in [0, 0.05) is 30.2 Å². The molecule has 0 radical (unpaired) electrons. The highest BCUT2D eigenvalue weighted by molar-refractivity contribution is 7.07. The van der Waals surface area contributed by atoms with Crippen molar-refractivity contribution in [1.29, 1.82) is 0 Å². The SMILES string of the molecule is CC(=O)Nc1ccc(/C=N/n2c(-c3cc(C)c(C)cc3C)csc2=NCC2CCCO2)cc1. The quantitative estimate of drug-likeness (QED) is 0.520. The van der Waals surface area contributed by atoms with Gasteiger partial charge in [0.2, 0.25) is 10.7 Å². The number of nitrogens with zero attached hydrogens (tertiary/aromatic N) is 3. The summed E-state index contributed by atoms with van der Waals surface area (Å²) in [6.07, 6.45) is 4.18. The molecule has 6 nitrogen and oxygen atoms in total. The smallest absolute Gasteiger partial charge is 0.221 e. The number of carbonyl (C=O) groups excluding carboxylic acids is 1. The Kier molecular flexibility index (Phi) is 7.20. The molecule has 1 unspecified atom stereocenters. The van der Waals surface area contributed by atoms with Crippen LogP contribution in [0, 0.1) is 20.8 Å². The largest absolute Gasteiger partial charge is 0.376 e. The van der Waals surface area contributed by atoms with Gasteiger partial charge < -0.3 is 10.1 Å². The summed E-state index contributed by atoms with van der Waals surface area (Å²) in [5.74, 6) is -0.0869. The van der Waals surface area contributed by atoms with Crippen LogP contribution in [0.25, 0.3) is 11.3 Å². The van der Waals surface area contributed by atoms with E-state index in [4.69, 9.17) is 14.8 Å². The van der Waals surface area contributed by atoms with Crippen LogP contribution >= 0.6 is 11.3 Å². The maximum absolute atomic E-state index is 11.3. The minimum absolute atomic E-state index is 0.0869. The van der Waals surface area contributed by atoms with Gasteiger partial charge in [-0.15, -0.1) is 11.3 Å². The third-order valence-corrected chi connectivity index (χ3v) is 6.66. The third-order valence-electron chi connectivity index (χ3n) is 5.81. The predicted molar refractivity (Wildman–Crippen MR) is 135 cm³/mol. The molecule has 0 bridgehead atoms. The zero-order valence-electron chi connectivity index (χ0n) is 19.6. The molecule has 1 fully saturated rings. The van der Waals surface area contributed by atoms with E-state index in [1.807, 2.05) is 35.2 Å². The van der Waals surface area contributed by atoms with Crippen molar-refractivity contribution in [2.45, 2.75) is 46.6 Å². The second kappa shape index (κ2) is 10.3. The maximum Gasteiger partial charge on any atom is 0.221 e. The lowest BCUT2D eigenvalue weighted by Crippen LogP contribution is -2.17. The summed E-state index contributed by atoms with van der Waals surface area (Å²) in [5, 5.41) is 9.74. The first-order chi connectivity index (χ1) is 15.9. The van der Waals surface area contributed by atoms with E-state index in [0.29, 0.717) is 6.54 Å². The molecular formula is C26H30N4O2S. The van der Waals surface area contributed by atoms with Crippen LogP contribution in [-0.2, 0) is 9.53 Å². The number of hydrogen-bond acceptors (Lipinski definition) is 5. The molecule has 33 heavy (non-hydrogen) atoms. The fourth-order valence-electron chi connectivity index (χ4n) is 3.89. The molecule has 3 aromatic rings. The van der Waals surface area contributed by atoms with Crippen molar-refractivity contribution in [2.24, 2.45) is 10.1 Å². The average molecular weight is 463 g/mol. The lowest BCUT2D eigenvalue weighted by Gasteiger charge is -2.11. The molecule has 2 heterocycles. The molecule has 2 aromatic carbocycles. The number of carbonyl (C=O) groups is 1. The third kappa shape index (κ3) is 5.67. The van der Waals surface area contributed by atoms with E-state index < -0.39 is 0 Å². The van der Waals surface area contributed by atoms with E-state index in [-0.39, 0.29) is 12.0 Å². The Bertz CT molecular complexity index is 1230. The summed E-state index contributed by atoms with van der Waals surface area (Å²) in [7, 11) is 0. The summed E-state index contributed by atoms with van der Waals surface area (Å²) < 4.78 is 7.68. The Morgan fingerprint density at radius 1 is 1.18 bits per heavy atom. The number of ether oxygens (including phenoxy) is 1. The van der Waals surface area contributed by atoms with E-state index in [0.717, 1.165) is 46.8 Å². The molecule has 4 rings (SSSR count). The van der Waals surface area contributed by atoms with Gasteiger partial charge in [0.1, 0.15) is 0 Å². The standard InChI is InChI=1S/C26H30N4O2S/c1-17-12-19(3)24(13-18(17)2)25-16-33-26(27-15-23-6-5-11-32-23)30(25)28-14-21-7-9-22(10-8-21)29-20(4)31/h7-10,12-14,16,23H,5-6,11,15H2,1-4H3,(H,29,31)/b27-26?,28-14+. The van der Waals surface area contributed by atoms with Gasteiger partial charge in [0.25, 0.3) is 0 Å². The summed E-state index contributed by atoms with van der Waals surface area (Å²) in [6.45, 7) is 9.38. The minimum atomic E-state index is -0.0869. The number of rotatable bonds is 6. The minimum Gasteiger partial charge on any atom is -0.376 e. The highest BCUT2D eigenvalue weighted by Gasteiger charge is 2.16. The van der Waals surface area contributed by atoms with Gasteiger partial charge in [-0.2, -0.15) is 5.10 Å². The topological polar surface area (TPSA) is 68.0 Å². The number of thiazole rings is 1. The van der Waals surface area contributed by atoms with Crippen LogP contribution in [0.3, 0.4) is 0 Å². The molecule has 1 aliphatic rings. The summed E-state index contributed by atoms with van der Waals surface area (Å²) in [5.41, 5.74) is 7.64. The molecule has 0 aliphatic carbocycles. The number of anilines is 1. The molecule has 7 heteroatoms. The average Bonchev–Trinajstić information content (AvgIpc) is 3.44. The van der Waals surface area contributed by atoms with Gasteiger partial charge in [-0.05, 0) is 74.1 Å². The Morgan fingerprint density at radius 3 is 2.64 bits per heavy atom. The predicted octanol–water partition coefficient (Wildman–Crippen LogP) is 5.06. The van der Waals surface area contributed by atoms with Crippen LogP contribution in [0.2, 0.25) is 0 Å². The van der Waals surface area contributed by atoms with Crippen LogP contribution in [0.15, 0.2) is 51.9 Å². The van der Waals surface area contributed by atoms with Crippen molar-refractivity contribution in [3.05, 3.63) is 68.8 Å². The Hall–Kier alpha value is -3.03. The number of nitrogens with one attached hydrogen (secondary N) is 1. The summed E-state index contributed by atoms with van der Waals surface area (Å²) in [4.78, 5) is 17.0. The van der Waals surface area contributed by atoms with E-state index in [9.17, 15) is 4.79 Å². The van der Waals surface area contributed by atoms with Crippen molar-refractivity contribution < 1.29 is 9.53 Å². The number of aromatic nitrogens is 1.